The molecule has 5 nitrogen and oxygen atoms in total. The zero-order chi connectivity index (χ0) is 30.8. The van der Waals surface area contributed by atoms with Crippen molar-refractivity contribution in [2.75, 3.05) is 13.7 Å². The van der Waals surface area contributed by atoms with Crippen LogP contribution in [0.5, 0.6) is 11.5 Å². The summed E-state index contributed by atoms with van der Waals surface area (Å²) in [5, 5.41) is 0. The minimum absolute atomic E-state index is 0.114. The first-order chi connectivity index (χ1) is 20.8. The first kappa shape index (κ1) is 32.0. The number of esters is 2. The zero-order valence-corrected chi connectivity index (χ0v) is 25.8. The summed E-state index contributed by atoms with van der Waals surface area (Å²) < 4.78 is 16.1. The predicted molar refractivity (Wildman–Crippen MR) is 173 cm³/mol. The van der Waals surface area contributed by atoms with Crippen molar-refractivity contribution in [2.24, 2.45) is 5.92 Å². The van der Waals surface area contributed by atoms with Gasteiger partial charge in [0.2, 0.25) is 0 Å². The number of rotatable bonds is 13. The lowest BCUT2D eigenvalue weighted by molar-refractivity contribution is -0.131. The number of methoxy groups -OCH3 is 1. The van der Waals surface area contributed by atoms with Crippen LogP contribution in [0.4, 0.5) is 0 Å². The molecule has 0 saturated heterocycles. The lowest BCUT2D eigenvalue weighted by Crippen LogP contribution is -2.13. The Labute approximate surface area is 256 Å². The molecule has 0 atom stereocenters. The molecule has 0 bridgehead atoms. The standard InChI is InChI=1S/C38H44O5/c1-6-7-8-9-28-10-12-29(13-11-28)30-14-16-32(17-15-30)35-24-33(20-23-36(35)43-37(39)26(2)3)31-18-21-34(22-19-31)42-38(40)27(4)25-41-5/h14-24,28-29H,2,4,6-13,25H2,1,3,5H3. The van der Waals surface area contributed by atoms with E-state index >= 15 is 0 Å². The fraction of sp³-hybridized carbons (Fsp3) is 0.368. The number of carbonyl (C=O) groups excluding carboxylic acids is 2. The summed E-state index contributed by atoms with van der Waals surface area (Å²) >= 11 is 0. The van der Waals surface area contributed by atoms with E-state index in [2.05, 4.69) is 44.3 Å². The Balaban J connectivity index is 1.53. The minimum atomic E-state index is -0.524. The first-order valence-electron chi connectivity index (χ1n) is 15.4. The van der Waals surface area contributed by atoms with Gasteiger partial charge in [0.15, 0.2) is 0 Å². The van der Waals surface area contributed by atoms with E-state index in [-0.39, 0.29) is 12.2 Å². The monoisotopic (exact) mass is 580 g/mol. The van der Waals surface area contributed by atoms with Gasteiger partial charge in [-0.15, -0.1) is 0 Å². The maximum absolute atomic E-state index is 12.5. The van der Waals surface area contributed by atoms with Gasteiger partial charge >= 0.3 is 11.9 Å². The van der Waals surface area contributed by atoms with Crippen LogP contribution in [0.2, 0.25) is 0 Å². The molecule has 3 aromatic rings. The molecule has 0 radical (unpaired) electrons. The van der Waals surface area contributed by atoms with Gasteiger partial charge in [-0.2, -0.15) is 0 Å². The molecule has 0 aromatic heterocycles. The van der Waals surface area contributed by atoms with Crippen LogP contribution in [-0.2, 0) is 14.3 Å². The average Bonchev–Trinajstić information content (AvgIpc) is 3.02. The van der Waals surface area contributed by atoms with E-state index < -0.39 is 11.9 Å². The van der Waals surface area contributed by atoms with Crippen LogP contribution in [0.15, 0.2) is 91.0 Å². The third kappa shape index (κ3) is 8.77. The van der Waals surface area contributed by atoms with E-state index in [1.54, 1.807) is 19.1 Å². The van der Waals surface area contributed by atoms with Crippen molar-refractivity contribution >= 4 is 11.9 Å². The molecule has 226 valence electrons. The fourth-order valence-electron chi connectivity index (χ4n) is 5.74. The highest BCUT2D eigenvalue weighted by Crippen LogP contribution is 2.40. The molecule has 0 aliphatic heterocycles. The number of hydrogen-bond donors (Lipinski definition) is 0. The second-order valence-corrected chi connectivity index (χ2v) is 11.7. The van der Waals surface area contributed by atoms with Crippen LogP contribution in [-0.4, -0.2) is 25.7 Å². The molecule has 1 aliphatic rings. The van der Waals surface area contributed by atoms with E-state index in [4.69, 9.17) is 14.2 Å². The van der Waals surface area contributed by atoms with Crippen LogP contribution >= 0.6 is 0 Å². The SMILES string of the molecule is C=C(C)C(=O)Oc1ccc(-c2ccc(OC(=O)C(=C)COC)cc2)cc1-c1ccc(C2CCC(CCCCC)CC2)cc1. The van der Waals surface area contributed by atoms with E-state index in [1.807, 2.05) is 30.3 Å². The number of unbranched alkanes of at least 4 members (excludes halogenated alkanes) is 2. The van der Waals surface area contributed by atoms with Gasteiger partial charge < -0.3 is 14.2 Å². The quantitative estimate of drug-likeness (QED) is 0.0872. The molecule has 1 aliphatic carbocycles. The second-order valence-electron chi connectivity index (χ2n) is 11.7. The third-order valence-electron chi connectivity index (χ3n) is 8.29. The van der Waals surface area contributed by atoms with Crippen LogP contribution in [0.1, 0.15) is 76.7 Å². The van der Waals surface area contributed by atoms with Crippen molar-refractivity contribution in [1.82, 2.24) is 0 Å². The van der Waals surface area contributed by atoms with Gasteiger partial charge in [-0.05, 0) is 91.0 Å². The summed E-state index contributed by atoms with van der Waals surface area (Å²) in [6.07, 6.45) is 10.5. The average molecular weight is 581 g/mol. The molecule has 3 aromatic carbocycles. The van der Waals surface area contributed by atoms with Gasteiger partial charge in [0.05, 0.1) is 12.2 Å². The van der Waals surface area contributed by atoms with E-state index in [0.29, 0.717) is 23.0 Å². The predicted octanol–water partition coefficient (Wildman–Crippen LogP) is 9.46. The summed E-state index contributed by atoms with van der Waals surface area (Å²) in [5.41, 5.74) is 5.64. The molecule has 1 fully saturated rings. The molecule has 0 heterocycles. The van der Waals surface area contributed by atoms with Gasteiger partial charge in [-0.3, -0.25) is 0 Å². The molecular formula is C38H44O5. The highest BCUT2D eigenvalue weighted by atomic mass is 16.5. The van der Waals surface area contributed by atoms with E-state index in [9.17, 15) is 9.59 Å². The molecule has 5 heteroatoms. The molecular weight excluding hydrogens is 536 g/mol. The number of carbonyl (C=O) groups is 2. The normalized spacial score (nSPS) is 16.3. The molecule has 4 rings (SSSR count). The van der Waals surface area contributed by atoms with E-state index in [1.165, 1.54) is 64.0 Å². The minimum Gasteiger partial charge on any atom is -0.423 e. The van der Waals surface area contributed by atoms with Gasteiger partial charge in [0.25, 0.3) is 0 Å². The zero-order valence-electron chi connectivity index (χ0n) is 25.8. The van der Waals surface area contributed by atoms with Crippen LogP contribution in [0, 0.1) is 5.92 Å². The lowest BCUT2D eigenvalue weighted by Gasteiger charge is -2.29. The Morgan fingerprint density at radius 2 is 1.44 bits per heavy atom. The summed E-state index contributed by atoms with van der Waals surface area (Å²) in [6.45, 7) is 11.5. The van der Waals surface area contributed by atoms with Gasteiger partial charge in [-0.25, -0.2) is 9.59 Å². The molecule has 43 heavy (non-hydrogen) atoms. The van der Waals surface area contributed by atoms with Crippen molar-refractivity contribution in [3.8, 4) is 33.8 Å². The van der Waals surface area contributed by atoms with Crippen LogP contribution in [0.25, 0.3) is 22.3 Å². The molecule has 1 saturated carbocycles. The van der Waals surface area contributed by atoms with Crippen LogP contribution < -0.4 is 9.47 Å². The Bertz CT molecular complexity index is 1410. The number of benzene rings is 3. The number of hydrogen-bond acceptors (Lipinski definition) is 5. The Morgan fingerprint density at radius 3 is 2.07 bits per heavy atom. The molecule has 0 N–H and O–H groups in total. The maximum Gasteiger partial charge on any atom is 0.341 e. The van der Waals surface area contributed by atoms with Gasteiger partial charge in [-0.1, -0.05) is 88.2 Å². The number of ether oxygens (including phenoxy) is 3. The van der Waals surface area contributed by atoms with Crippen molar-refractivity contribution in [3.63, 3.8) is 0 Å². The third-order valence-corrected chi connectivity index (χ3v) is 8.29. The Hall–Kier alpha value is -3.96. The fourth-order valence-corrected chi connectivity index (χ4v) is 5.74. The summed E-state index contributed by atoms with van der Waals surface area (Å²) in [6, 6.07) is 21.8. The van der Waals surface area contributed by atoms with Crippen molar-refractivity contribution in [1.29, 1.82) is 0 Å². The first-order valence-corrected chi connectivity index (χ1v) is 15.4. The van der Waals surface area contributed by atoms with Crippen LogP contribution in [0.3, 0.4) is 0 Å². The smallest absolute Gasteiger partial charge is 0.341 e. The molecule has 0 spiro atoms. The summed E-state index contributed by atoms with van der Waals surface area (Å²) in [5.74, 6) is 1.41. The lowest BCUT2D eigenvalue weighted by atomic mass is 9.77. The maximum atomic E-state index is 12.5. The highest BCUT2D eigenvalue weighted by Gasteiger charge is 2.22. The Kier molecular flexibility index (Phi) is 11.5. The van der Waals surface area contributed by atoms with Crippen molar-refractivity contribution in [3.05, 3.63) is 96.6 Å². The second kappa shape index (κ2) is 15.5. The highest BCUT2D eigenvalue weighted by molar-refractivity contribution is 5.91. The Morgan fingerprint density at radius 1 is 0.791 bits per heavy atom. The topological polar surface area (TPSA) is 61.8 Å². The van der Waals surface area contributed by atoms with Crippen molar-refractivity contribution in [2.45, 2.75) is 71.1 Å². The van der Waals surface area contributed by atoms with Gasteiger partial charge in [0.1, 0.15) is 11.5 Å². The van der Waals surface area contributed by atoms with Gasteiger partial charge in [0, 0.05) is 18.2 Å². The molecule has 0 unspecified atom stereocenters. The van der Waals surface area contributed by atoms with E-state index in [0.717, 1.165) is 28.2 Å². The molecule has 0 amide bonds. The summed E-state index contributed by atoms with van der Waals surface area (Å²) in [7, 11) is 1.50. The summed E-state index contributed by atoms with van der Waals surface area (Å²) in [4.78, 5) is 24.6. The van der Waals surface area contributed by atoms with Crippen molar-refractivity contribution < 1.29 is 23.8 Å². The largest absolute Gasteiger partial charge is 0.423 e.